The van der Waals surface area contributed by atoms with Gasteiger partial charge in [-0.2, -0.15) is 4.31 Å². The van der Waals surface area contributed by atoms with Crippen LogP contribution in [-0.4, -0.2) is 47.9 Å². The Morgan fingerprint density at radius 2 is 2.07 bits per heavy atom. The molecule has 1 N–H and O–H groups in total. The molecule has 0 saturated carbocycles. The van der Waals surface area contributed by atoms with Crippen LogP contribution in [-0.2, 0) is 26.6 Å². The molecule has 27 heavy (non-hydrogen) atoms. The maximum Gasteiger partial charge on any atom is 0.328 e. The molecule has 2 aromatic rings. The van der Waals surface area contributed by atoms with Gasteiger partial charge in [0.1, 0.15) is 0 Å². The number of piperidine rings is 1. The third-order valence-electron chi connectivity index (χ3n) is 4.71. The Bertz CT molecular complexity index is 1100. The zero-order chi connectivity index (χ0) is 19.8. The van der Waals surface area contributed by atoms with Crippen LogP contribution in [0.4, 0.5) is 0 Å². The summed E-state index contributed by atoms with van der Waals surface area (Å²) in [7, 11) is -2.57. The first-order valence-corrected chi connectivity index (χ1v) is 10.1. The van der Waals surface area contributed by atoms with E-state index in [9.17, 15) is 22.8 Å². The van der Waals surface area contributed by atoms with Gasteiger partial charge in [0.15, 0.2) is 0 Å². The van der Waals surface area contributed by atoms with Crippen molar-refractivity contribution >= 4 is 26.9 Å². The Hall–Kier alpha value is -2.46. The monoisotopic (exact) mass is 395 g/mol. The lowest BCUT2D eigenvalue weighted by molar-refractivity contribution is -0.149. The van der Waals surface area contributed by atoms with Gasteiger partial charge in [-0.3, -0.25) is 14.2 Å². The average molecular weight is 395 g/mol. The third-order valence-corrected chi connectivity index (χ3v) is 6.58. The van der Waals surface area contributed by atoms with E-state index in [4.69, 9.17) is 4.74 Å². The highest BCUT2D eigenvalue weighted by Crippen LogP contribution is 2.25. The number of esters is 1. The predicted molar refractivity (Wildman–Crippen MR) is 97.9 cm³/mol. The number of carbonyl (C=O) groups excluding carboxylic acids is 1. The van der Waals surface area contributed by atoms with Crippen molar-refractivity contribution < 1.29 is 17.9 Å². The second-order valence-electron chi connectivity index (χ2n) is 6.46. The lowest BCUT2D eigenvalue weighted by Crippen LogP contribution is -2.42. The molecule has 3 rings (SSSR count). The highest BCUT2D eigenvalue weighted by Gasteiger charge is 2.34. The molecule has 0 radical (unpaired) electrons. The van der Waals surface area contributed by atoms with E-state index in [1.54, 1.807) is 6.92 Å². The fourth-order valence-corrected chi connectivity index (χ4v) is 4.75. The molecule has 0 bridgehead atoms. The lowest BCUT2D eigenvalue weighted by atomic mass is 10.0. The number of fused-ring (bicyclic) bond motifs is 1. The van der Waals surface area contributed by atoms with Crippen molar-refractivity contribution in [2.24, 2.45) is 13.0 Å². The van der Waals surface area contributed by atoms with Gasteiger partial charge in [-0.15, -0.1) is 0 Å². The number of aromatic nitrogens is 2. The van der Waals surface area contributed by atoms with Crippen LogP contribution in [0.1, 0.15) is 19.8 Å². The first-order chi connectivity index (χ1) is 12.8. The van der Waals surface area contributed by atoms with E-state index >= 15 is 0 Å². The standard InChI is InChI=1S/C17H21N3O6S/c1-3-26-16(22)11-5-4-8-20(10-11)27(24,25)12-6-7-14-13(9-12)15(21)19(2)17(23)18-14/h6-7,9,11H,3-5,8,10H2,1-2H3,(H,18,23). The van der Waals surface area contributed by atoms with Gasteiger partial charge in [-0.05, 0) is 38.0 Å². The van der Waals surface area contributed by atoms with Crippen molar-refractivity contribution in [1.29, 1.82) is 0 Å². The van der Waals surface area contributed by atoms with E-state index < -0.39 is 33.2 Å². The van der Waals surface area contributed by atoms with Crippen LogP contribution < -0.4 is 11.2 Å². The molecule has 10 heteroatoms. The quantitative estimate of drug-likeness (QED) is 0.739. The van der Waals surface area contributed by atoms with Crippen molar-refractivity contribution in [2.75, 3.05) is 19.7 Å². The largest absolute Gasteiger partial charge is 0.466 e. The zero-order valence-electron chi connectivity index (χ0n) is 15.1. The van der Waals surface area contributed by atoms with Crippen LogP contribution in [0.25, 0.3) is 10.9 Å². The Labute approximate surface area is 155 Å². The van der Waals surface area contributed by atoms with Gasteiger partial charge < -0.3 is 9.72 Å². The number of ether oxygens (including phenoxy) is 1. The maximum atomic E-state index is 13.0. The van der Waals surface area contributed by atoms with Crippen molar-refractivity contribution in [3.8, 4) is 0 Å². The smallest absolute Gasteiger partial charge is 0.328 e. The Morgan fingerprint density at radius 3 is 2.78 bits per heavy atom. The van der Waals surface area contributed by atoms with Crippen molar-refractivity contribution in [1.82, 2.24) is 13.9 Å². The number of nitrogens with zero attached hydrogens (tertiary/aromatic N) is 2. The molecule has 1 aliphatic rings. The van der Waals surface area contributed by atoms with E-state index in [-0.39, 0.29) is 29.0 Å². The summed E-state index contributed by atoms with van der Waals surface area (Å²) in [6, 6.07) is 4.01. The first kappa shape index (κ1) is 19.3. The van der Waals surface area contributed by atoms with Crippen LogP contribution in [0.3, 0.4) is 0 Å². The van der Waals surface area contributed by atoms with E-state index in [0.29, 0.717) is 19.4 Å². The maximum absolute atomic E-state index is 13.0. The van der Waals surface area contributed by atoms with Gasteiger partial charge >= 0.3 is 11.7 Å². The minimum atomic E-state index is -3.89. The molecule has 1 atom stereocenters. The number of hydrogen-bond acceptors (Lipinski definition) is 6. The summed E-state index contributed by atoms with van der Waals surface area (Å²) in [4.78, 5) is 38.4. The van der Waals surface area contributed by atoms with Crippen LogP contribution in [0, 0.1) is 5.92 Å². The number of H-pyrrole nitrogens is 1. The topological polar surface area (TPSA) is 119 Å². The fourth-order valence-electron chi connectivity index (χ4n) is 3.20. The molecule has 0 spiro atoms. The zero-order valence-corrected chi connectivity index (χ0v) is 15.9. The first-order valence-electron chi connectivity index (χ1n) is 8.65. The number of sulfonamides is 1. The number of rotatable bonds is 4. The van der Waals surface area contributed by atoms with Gasteiger partial charge in [-0.1, -0.05) is 0 Å². The Kier molecular flexibility index (Phi) is 5.20. The minimum Gasteiger partial charge on any atom is -0.466 e. The Morgan fingerprint density at radius 1 is 1.33 bits per heavy atom. The van der Waals surface area contributed by atoms with Crippen molar-refractivity contribution in [3.63, 3.8) is 0 Å². The number of carbonyl (C=O) groups is 1. The molecule has 1 unspecified atom stereocenters. The number of aromatic amines is 1. The highest BCUT2D eigenvalue weighted by atomic mass is 32.2. The molecule has 1 aliphatic heterocycles. The molecule has 0 aliphatic carbocycles. The molecule has 1 saturated heterocycles. The summed E-state index contributed by atoms with van der Waals surface area (Å²) in [5.74, 6) is -0.902. The van der Waals surface area contributed by atoms with E-state index in [0.717, 1.165) is 4.57 Å². The molecule has 1 aromatic carbocycles. The predicted octanol–water partition coefficient (Wildman–Crippen LogP) is 0.191. The normalized spacial score (nSPS) is 18.5. The molecular weight excluding hydrogens is 374 g/mol. The Balaban J connectivity index is 1.98. The summed E-state index contributed by atoms with van der Waals surface area (Å²) >= 11 is 0. The van der Waals surface area contributed by atoms with Crippen molar-refractivity contribution in [3.05, 3.63) is 39.0 Å². The molecule has 1 aromatic heterocycles. The fraction of sp³-hybridized carbons (Fsp3) is 0.471. The second kappa shape index (κ2) is 7.28. The molecule has 1 fully saturated rings. The molecular formula is C17H21N3O6S. The molecule has 2 heterocycles. The van der Waals surface area contributed by atoms with Crippen LogP contribution >= 0.6 is 0 Å². The van der Waals surface area contributed by atoms with Crippen LogP contribution in [0.5, 0.6) is 0 Å². The summed E-state index contributed by atoms with van der Waals surface area (Å²) < 4.78 is 33.2. The van der Waals surface area contributed by atoms with Gasteiger partial charge in [0.2, 0.25) is 10.0 Å². The van der Waals surface area contributed by atoms with Crippen LogP contribution in [0.15, 0.2) is 32.7 Å². The highest BCUT2D eigenvalue weighted by molar-refractivity contribution is 7.89. The summed E-state index contributed by atoms with van der Waals surface area (Å²) in [6.07, 6.45) is 1.12. The SMILES string of the molecule is CCOC(=O)C1CCCN(S(=O)(=O)c2ccc3[nH]c(=O)n(C)c(=O)c3c2)C1. The average Bonchev–Trinajstić information content (AvgIpc) is 2.66. The molecule has 9 nitrogen and oxygen atoms in total. The summed E-state index contributed by atoms with van der Waals surface area (Å²) in [5, 5.41) is 0.108. The van der Waals surface area contributed by atoms with Crippen molar-refractivity contribution in [2.45, 2.75) is 24.7 Å². The summed E-state index contributed by atoms with van der Waals surface area (Å²) in [5.41, 5.74) is -0.879. The van der Waals surface area contributed by atoms with E-state index in [1.165, 1.54) is 29.6 Å². The third kappa shape index (κ3) is 3.54. The second-order valence-corrected chi connectivity index (χ2v) is 8.39. The number of benzene rings is 1. The van der Waals surface area contributed by atoms with Gasteiger partial charge in [0.25, 0.3) is 5.56 Å². The van der Waals surface area contributed by atoms with Crippen LogP contribution in [0.2, 0.25) is 0 Å². The molecule has 0 amide bonds. The van der Waals surface area contributed by atoms with Gasteiger partial charge in [0.05, 0.1) is 28.3 Å². The number of hydrogen-bond donors (Lipinski definition) is 1. The lowest BCUT2D eigenvalue weighted by Gasteiger charge is -2.30. The van der Waals surface area contributed by atoms with Gasteiger partial charge in [-0.25, -0.2) is 13.2 Å². The number of nitrogens with one attached hydrogen (secondary N) is 1. The minimum absolute atomic E-state index is 0.0445. The van der Waals surface area contributed by atoms with E-state index in [2.05, 4.69) is 4.98 Å². The molecule has 146 valence electrons. The van der Waals surface area contributed by atoms with E-state index in [1.807, 2.05) is 0 Å². The van der Waals surface area contributed by atoms with Gasteiger partial charge in [0, 0.05) is 20.1 Å². The summed E-state index contributed by atoms with van der Waals surface area (Å²) in [6.45, 7) is 2.28.